The molecule has 5 nitrogen and oxygen atoms in total. The normalized spacial score (nSPS) is 15.9. The van der Waals surface area contributed by atoms with Crippen LogP contribution in [0.5, 0.6) is 0 Å². The van der Waals surface area contributed by atoms with Gasteiger partial charge in [-0.05, 0) is 18.9 Å². The van der Waals surface area contributed by atoms with E-state index >= 15 is 0 Å². The Hall–Kier alpha value is -1.36. The van der Waals surface area contributed by atoms with E-state index in [-0.39, 0.29) is 5.91 Å². The fourth-order valence-electron chi connectivity index (χ4n) is 2.48. The van der Waals surface area contributed by atoms with Crippen LogP contribution in [0, 0.1) is 0 Å². The van der Waals surface area contributed by atoms with Crippen LogP contribution in [0.1, 0.15) is 43.8 Å². The molecule has 106 valence electrons. The molecule has 0 aromatic carbocycles. The lowest BCUT2D eigenvalue weighted by Gasteiger charge is -2.10. The number of nitrogens with one attached hydrogen (secondary N) is 1. The maximum Gasteiger partial charge on any atom is 0.223 e. The van der Waals surface area contributed by atoms with Gasteiger partial charge in [0, 0.05) is 39.8 Å². The molecule has 0 bridgehead atoms. The summed E-state index contributed by atoms with van der Waals surface area (Å²) in [5.74, 6) is 0.156. The number of aromatic nitrogens is 2. The van der Waals surface area contributed by atoms with Crippen molar-refractivity contribution in [1.82, 2.24) is 20.0 Å². The van der Waals surface area contributed by atoms with Crippen molar-refractivity contribution in [3.05, 3.63) is 18.0 Å². The molecule has 0 spiro atoms. The van der Waals surface area contributed by atoms with Gasteiger partial charge in [0.1, 0.15) is 0 Å². The van der Waals surface area contributed by atoms with Gasteiger partial charge in [0.05, 0.1) is 11.7 Å². The van der Waals surface area contributed by atoms with Crippen LogP contribution in [0.25, 0.3) is 0 Å². The number of rotatable bonds is 6. The average Bonchev–Trinajstić information content (AvgIpc) is 3.04. The third-order valence-electron chi connectivity index (χ3n) is 3.68. The largest absolute Gasteiger partial charge is 0.349 e. The Labute approximate surface area is 115 Å². The molecule has 1 N–H and O–H groups in total. The van der Waals surface area contributed by atoms with Crippen LogP contribution in [0.2, 0.25) is 0 Å². The SMILES string of the molecule is CN(C)C(=O)CCNCc1ccn(C2CCCC2)n1. The van der Waals surface area contributed by atoms with Crippen LogP contribution in [0.4, 0.5) is 0 Å². The van der Waals surface area contributed by atoms with Gasteiger partial charge >= 0.3 is 0 Å². The van der Waals surface area contributed by atoms with Crippen LogP contribution in [-0.4, -0.2) is 41.2 Å². The highest BCUT2D eigenvalue weighted by atomic mass is 16.2. The Morgan fingerprint density at radius 2 is 2.21 bits per heavy atom. The zero-order chi connectivity index (χ0) is 13.7. The summed E-state index contributed by atoms with van der Waals surface area (Å²) in [4.78, 5) is 13.0. The van der Waals surface area contributed by atoms with Gasteiger partial charge < -0.3 is 10.2 Å². The minimum atomic E-state index is 0.156. The van der Waals surface area contributed by atoms with Crippen molar-refractivity contribution in [3.63, 3.8) is 0 Å². The lowest BCUT2D eigenvalue weighted by atomic mass is 10.3. The molecular weight excluding hydrogens is 240 g/mol. The molecule has 2 rings (SSSR count). The van der Waals surface area contributed by atoms with Crippen molar-refractivity contribution < 1.29 is 4.79 Å². The third kappa shape index (κ3) is 4.06. The molecule has 0 radical (unpaired) electrons. The number of nitrogens with zero attached hydrogens (tertiary/aromatic N) is 3. The fraction of sp³-hybridized carbons (Fsp3) is 0.714. The van der Waals surface area contributed by atoms with Crippen molar-refractivity contribution in [1.29, 1.82) is 0 Å². The lowest BCUT2D eigenvalue weighted by molar-refractivity contribution is -0.128. The molecule has 1 amide bonds. The molecular formula is C14H24N4O. The second-order valence-electron chi connectivity index (χ2n) is 5.44. The summed E-state index contributed by atoms with van der Waals surface area (Å²) in [5, 5.41) is 7.87. The second kappa shape index (κ2) is 6.70. The van der Waals surface area contributed by atoms with Crippen molar-refractivity contribution in [3.8, 4) is 0 Å². The van der Waals surface area contributed by atoms with Gasteiger partial charge in [-0.15, -0.1) is 0 Å². The van der Waals surface area contributed by atoms with Crippen LogP contribution >= 0.6 is 0 Å². The monoisotopic (exact) mass is 264 g/mol. The number of carbonyl (C=O) groups is 1. The first kappa shape index (κ1) is 14.1. The first-order chi connectivity index (χ1) is 9.16. The highest BCUT2D eigenvalue weighted by molar-refractivity contribution is 5.75. The molecule has 0 saturated heterocycles. The second-order valence-corrected chi connectivity index (χ2v) is 5.44. The summed E-state index contributed by atoms with van der Waals surface area (Å²) in [6, 6.07) is 2.67. The van der Waals surface area contributed by atoms with Crippen LogP contribution < -0.4 is 5.32 Å². The minimum absolute atomic E-state index is 0.156. The minimum Gasteiger partial charge on any atom is -0.349 e. The van der Waals surface area contributed by atoms with E-state index < -0.39 is 0 Å². The highest BCUT2D eigenvalue weighted by Gasteiger charge is 2.17. The zero-order valence-corrected chi connectivity index (χ0v) is 11.9. The smallest absolute Gasteiger partial charge is 0.223 e. The van der Waals surface area contributed by atoms with Gasteiger partial charge in [-0.25, -0.2) is 0 Å². The van der Waals surface area contributed by atoms with Crippen LogP contribution in [0.15, 0.2) is 12.3 Å². The molecule has 1 aliphatic carbocycles. The lowest BCUT2D eigenvalue weighted by Crippen LogP contribution is -2.26. The molecule has 1 saturated carbocycles. The van der Waals surface area contributed by atoms with Gasteiger partial charge in [0.25, 0.3) is 0 Å². The number of hydrogen-bond acceptors (Lipinski definition) is 3. The predicted molar refractivity (Wildman–Crippen MR) is 74.7 cm³/mol. The molecule has 1 aromatic rings. The van der Waals surface area contributed by atoms with Crippen LogP contribution in [0.3, 0.4) is 0 Å². The Morgan fingerprint density at radius 1 is 1.47 bits per heavy atom. The fourth-order valence-corrected chi connectivity index (χ4v) is 2.48. The van der Waals surface area contributed by atoms with Gasteiger partial charge in [-0.2, -0.15) is 5.10 Å². The zero-order valence-electron chi connectivity index (χ0n) is 11.9. The summed E-state index contributed by atoms with van der Waals surface area (Å²) < 4.78 is 2.11. The summed E-state index contributed by atoms with van der Waals surface area (Å²) in [7, 11) is 3.57. The van der Waals surface area contributed by atoms with E-state index in [1.54, 1.807) is 19.0 Å². The van der Waals surface area contributed by atoms with Crippen molar-refractivity contribution >= 4 is 5.91 Å². The van der Waals surface area contributed by atoms with Gasteiger partial charge in [0.2, 0.25) is 5.91 Å². The molecule has 1 aliphatic rings. The van der Waals surface area contributed by atoms with Crippen molar-refractivity contribution in [2.75, 3.05) is 20.6 Å². The molecule has 0 atom stereocenters. The molecule has 19 heavy (non-hydrogen) atoms. The van der Waals surface area contributed by atoms with E-state index in [9.17, 15) is 4.79 Å². The van der Waals surface area contributed by atoms with E-state index in [1.165, 1.54) is 25.7 Å². The van der Waals surface area contributed by atoms with E-state index in [0.29, 0.717) is 19.0 Å². The average molecular weight is 264 g/mol. The standard InChI is InChI=1S/C14H24N4O/c1-17(2)14(19)7-9-15-11-12-8-10-18(16-12)13-5-3-4-6-13/h8,10,13,15H,3-7,9,11H2,1-2H3. The Kier molecular flexibility index (Phi) is 4.96. The van der Waals surface area contributed by atoms with Gasteiger partial charge in [-0.1, -0.05) is 12.8 Å². The molecule has 0 aliphatic heterocycles. The molecule has 0 unspecified atom stereocenters. The maximum atomic E-state index is 11.4. The number of hydrogen-bond donors (Lipinski definition) is 1. The van der Waals surface area contributed by atoms with E-state index in [0.717, 1.165) is 12.2 Å². The van der Waals surface area contributed by atoms with E-state index in [1.807, 2.05) is 0 Å². The molecule has 1 heterocycles. The molecule has 1 aromatic heterocycles. The van der Waals surface area contributed by atoms with Crippen molar-refractivity contribution in [2.45, 2.75) is 44.7 Å². The van der Waals surface area contributed by atoms with Gasteiger partial charge in [0.15, 0.2) is 0 Å². The number of amides is 1. The molecule has 5 heteroatoms. The van der Waals surface area contributed by atoms with E-state index in [4.69, 9.17) is 0 Å². The van der Waals surface area contributed by atoms with Crippen LogP contribution in [-0.2, 0) is 11.3 Å². The topological polar surface area (TPSA) is 50.2 Å². The molecule has 1 fully saturated rings. The summed E-state index contributed by atoms with van der Waals surface area (Å²) in [6.07, 6.45) is 7.78. The Balaban J connectivity index is 1.70. The van der Waals surface area contributed by atoms with Crippen molar-refractivity contribution in [2.24, 2.45) is 0 Å². The maximum absolute atomic E-state index is 11.4. The first-order valence-electron chi connectivity index (χ1n) is 7.11. The van der Waals surface area contributed by atoms with Gasteiger partial charge in [-0.3, -0.25) is 9.48 Å². The number of carbonyl (C=O) groups excluding carboxylic acids is 1. The first-order valence-corrected chi connectivity index (χ1v) is 7.11. The third-order valence-corrected chi connectivity index (χ3v) is 3.68. The summed E-state index contributed by atoms with van der Waals surface area (Å²) in [6.45, 7) is 1.44. The Bertz CT molecular complexity index is 407. The predicted octanol–water partition coefficient (Wildman–Crippen LogP) is 1.57. The highest BCUT2D eigenvalue weighted by Crippen LogP contribution is 2.28. The summed E-state index contributed by atoms with van der Waals surface area (Å²) in [5.41, 5.74) is 1.06. The quantitative estimate of drug-likeness (QED) is 0.793. The summed E-state index contributed by atoms with van der Waals surface area (Å²) >= 11 is 0. The Morgan fingerprint density at radius 3 is 2.89 bits per heavy atom. The van der Waals surface area contributed by atoms with E-state index in [2.05, 4.69) is 27.4 Å².